The van der Waals surface area contributed by atoms with Crippen LogP contribution in [0.2, 0.25) is 0 Å². The number of nitrogens with zero attached hydrogens (tertiary/aromatic N) is 2. The lowest BCUT2D eigenvalue weighted by molar-refractivity contribution is 0.894. The van der Waals surface area contributed by atoms with Crippen LogP contribution < -0.4 is 5.32 Å². The van der Waals surface area contributed by atoms with Gasteiger partial charge in [0.05, 0.1) is 21.3 Å². The molecule has 0 aliphatic carbocycles. The van der Waals surface area contributed by atoms with Crippen molar-refractivity contribution in [2.24, 2.45) is 0 Å². The van der Waals surface area contributed by atoms with Crippen LogP contribution in [0.1, 0.15) is 44.3 Å². The molecule has 0 aromatic carbocycles. The first kappa shape index (κ1) is 14.5. The van der Waals surface area contributed by atoms with Crippen molar-refractivity contribution in [1.82, 2.24) is 9.97 Å². The molecule has 0 saturated heterocycles. The van der Waals surface area contributed by atoms with E-state index in [1.807, 2.05) is 0 Å². The van der Waals surface area contributed by atoms with Crippen molar-refractivity contribution in [3.63, 3.8) is 0 Å². The Kier molecular flexibility index (Phi) is 5.34. The number of hydrogen-bond donors (Lipinski definition) is 1. The Labute approximate surface area is 123 Å². The molecule has 0 saturated carbocycles. The summed E-state index contributed by atoms with van der Waals surface area (Å²) in [5.74, 6) is 0. The number of hydrogen-bond acceptors (Lipinski definition) is 5. The van der Waals surface area contributed by atoms with Crippen LogP contribution in [0.25, 0.3) is 10.6 Å². The second kappa shape index (κ2) is 7.01. The van der Waals surface area contributed by atoms with Gasteiger partial charge in [0.25, 0.3) is 0 Å². The molecule has 0 unspecified atom stereocenters. The van der Waals surface area contributed by atoms with Crippen molar-refractivity contribution >= 4 is 27.8 Å². The van der Waals surface area contributed by atoms with Gasteiger partial charge in [-0.1, -0.05) is 20.8 Å². The van der Waals surface area contributed by atoms with E-state index < -0.39 is 0 Å². The highest BCUT2D eigenvalue weighted by Gasteiger charge is 2.14. The van der Waals surface area contributed by atoms with Gasteiger partial charge in [-0.15, -0.1) is 22.7 Å². The van der Waals surface area contributed by atoms with E-state index in [0.717, 1.165) is 43.1 Å². The molecule has 0 atom stereocenters. The van der Waals surface area contributed by atoms with Crippen LogP contribution in [0.3, 0.4) is 0 Å². The Morgan fingerprint density at radius 3 is 2.68 bits per heavy atom. The zero-order valence-electron chi connectivity index (χ0n) is 11.8. The molecule has 2 rings (SSSR count). The molecule has 0 aliphatic heterocycles. The van der Waals surface area contributed by atoms with Gasteiger partial charge in [0.2, 0.25) is 0 Å². The molecule has 2 aromatic heterocycles. The average molecular weight is 295 g/mol. The average Bonchev–Trinajstić information content (AvgIpc) is 3.02. The molecule has 0 aliphatic rings. The minimum Gasteiger partial charge on any atom is -0.362 e. The van der Waals surface area contributed by atoms with Crippen molar-refractivity contribution in [1.29, 1.82) is 0 Å². The monoisotopic (exact) mass is 295 g/mol. The first-order valence-corrected chi connectivity index (χ1v) is 8.66. The van der Waals surface area contributed by atoms with E-state index in [0.29, 0.717) is 0 Å². The second-order valence-corrected chi connectivity index (χ2v) is 6.39. The molecule has 19 heavy (non-hydrogen) atoms. The standard InChI is InChI=1S/C14H21N3S2/c1-4-7-12-16-10(6-3)13(19-12)11-9-18-14(17-11)15-8-5-2/h9H,4-8H2,1-3H3,(H,15,17). The van der Waals surface area contributed by atoms with Gasteiger partial charge in [0.15, 0.2) is 5.13 Å². The summed E-state index contributed by atoms with van der Waals surface area (Å²) in [6.07, 6.45) is 4.32. The zero-order chi connectivity index (χ0) is 13.7. The second-order valence-electron chi connectivity index (χ2n) is 4.45. The number of rotatable bonds is 7. The summed E-state index contributed by atoms with van der Waals surface area (Å²) in [4.78, 5) is 10.7. The Morgan fingerprint density at radius 1 is 1.16 bits per heavy atom. The van der Waals surface area contributed by atoms with E-state index in [9.17, 15) is 0 Å². The van der Waals surface area contributed by atoms with Crippen molar-refractivity contribution in [3.8, 4) is 10.6 Å². The summed E-state index contributed by atoms with van der Waals surface area (Å²) in [6, 6.07) is 0. The first-order chi connectivity index (χ1) is 9.28. The fourth-order valence-corrected chi connectivity index (χ4v) is 3.87. The van der Waals surface area contributed by atoms with Gasteiger partial charge in [-0.25, -0.2) is 9.97 Å². The number of aromatic nitrogens is 2. The van der Waals surface area contributed by atoms with Crippen LogP contribution in [-0.4, -0.2) is 16.5 Å². The molecular formula is C14H21N3S2. The minimum absolute atomic E-state index is 0.977. The molecule has 5 heteroatoms. The number of thiazole rings is 2. The van der Waals surface area contributed by atoms with E-state index in [2.05, 4.69) is 36.5 Å². The van der Waals surface area contributed by atoms with Gasteiger partial charge in [-0.3, -0.25) is 0 Å². The van der Waals surface area contributed by atoms with Gasteiger partial charge in [0.1, 0.15) is 0 Å². The Balaban J connectivity index is 2.22. The Bertz CT molecular complexity index is 516. The number of anilines is 1. The molecule has 0 fully saturated rings. The van der Waals surface area contributed by atoms with Crippen LogP contribution in [0.4, 0.5) is 5.13 Å². The third-order valence-electron chi connectivity index (χ3n) is 2.80. The molecule has 0 spiro atoms. The molecule has 0 amide bonds. The number of aryl methyl sites for hydroxylation is 2. The largest absolute Gasteiger partial charge is 0.362 e. The molecule has 0 radical (unpaired) electrons. The summed E-state index contributed by atoms with van der Waals surface area (Å²) < 4.78 is 0. The fourth-order valence-electron chi connectivity index (χ4n) is 1.85. The van der Waals surface area contributed by atoms with Gasteiger partial charge in [-0.2, -0.15) is 0 Å². The molecule has 2 heterocycles. The summed E-state index contributed by atoms with van der Waals surface area (Å²) in [5.41, 5.74) is 2.28. The van der Waals surface area contributed by atoms with Crippen LogP contribution in [-0.2, 0) is 12.8 Å². The first-order valence-electron chi connectivity index (χ1n) is 6.96. The molecule has 104 valence electrons. The fraction of sp³-hybridized carbons (Fsp3) is 0.571. The maximum Gasteiger partial charge on any atom is 0.183 e. The smallest absolute Gasteiger partial charge is 0.183 e. The number of nitrogens with one attached hydrogen (secondary N) is 1. The maximum atomic E-state index is 4.73. The minimum atomic E-state index is 0.977. The van der Waals surface area contributed by atoms with Crippen LogP contribution >= 0.6 is 22.7 Å². The molecular weight excluding hydrogens is 274 g/mol. The molecule has 3 nitrogen and oxygen atoms in total. The SMILES string of the molecule is CCCNc1nc(-c2sc(CCC)nc2CC)cs1. The van der Waals surface area contributed by atoms with Gasteiger partial charge in [0, 0.05) is 11.9 Å². The Hall–Kier alpha value is -0.940. The highest BCUT2D eigenvalue weighted by Crippen LogP contribution is 2.33. The highest BCUT2D eigenvalue weighted by molar-refractivity contribution is 7.16. The normalized spacial score (nSPS) is 10.9. The van der Waals surface area contributed by atoms with Crippen molar-refractivity contribution in [2.45, 2.75) is 46.5 Å². The van der Waals surface area contributed by atoms with E-state index >= 15 is 0 Å². The van der Waals surface area contributed by atoms with E-state index in [-0.39, 0.29) is 0 Å². The summed E-state index contributed by atoms with van der Waals surface area (Å²) in [5, 5.41) is 7.74. The third-order valence-corrected chi connectivity index (χ3v) is 4.78. The van der Waals surface area contributed by atoms with Gasteiger partial charge >= 0.3 is 0 Å². The Morgan fingerprint density at radius 2 is 2.00 bits per heavy atom. The predicted octanol–water partition coefficient (Wildman–Crippen LogP) is 4.60. The lowest BCUT2D eigenvalue weighted by Gasteiger charge is -1.97. The predicted molar refractivity (Wildman–Crippen MR) is 85.4 cm³/mol. The summed E-state index contributed by atoms with van der Waals surface area (Å²) in [7, 11) is 0. The van der Waals surface area contributed by atoms with Crippen molar-refractivity contribution in [3.05, 3.63) is 16.1 Å². The van der Waals surface area contributed by atoms with Gasteiger partial charge in [-0.05, 0) is 25.7 Å². The molecule has 1 N–H and O–H groups in total. The van der Waals surface area contributed by atoms with E-state index in [1.165, 1.54) is 15.6 Å². The quantitative estimate of drug-likeness (QED) is 0.811. The highest BCUT2D eigenvalue weighted by atomic mass is 32.1. The van der Waals surface area contributed by atoms with E-state index in [4.69, 9.17) is 4.98 Å². The van der Waals surface area contributed by atoms with E-state index in [1.54, 1.807) is 22.7 Å². The summed E-state index contributed by atoms with van der Waals surface area (Å²) >= 11 is 3.49. The van der Waals surface area contributed by atoms with Crippen molar-refractivity contribution < 1.29 is 0 Å². The maximum absolute atomic E-state index is 4.73. The van der Waals surface area contributed by atoms with Crippen molar-refractivity contribution in [2.75, 3.05) is 11.9 Å². The third kappa shape index (κ3) is 3.54. The summed E-state index contributed by atoms with van der Waals surface area (Å²) in [6.45, 7) is 7.51. The topological polar surface area (TPSA) is 37.8 Å². The van der Waals surface area contributed by atoms with Gasteiger partial charge < -0.3 is 5.32 Å². The lowest BCUT2D eigenvalue weighted by Crippen LogP contribution is -1.98. The zero-order valence-corrected chi connectivity index (χ0v) is 13.5. The van der Waals surface area contributed by atoms with Crippen LogP contribution in [0.5, 0.6) is 0 Å². The van der Waals surface area contributed by atoms with Crippen LogP contribution in [0.15, 0.2) is 5.38 Å². The lowest BCUT2D eigenvalue weighted by atomic mass is 10.2. The molecule has 2 aromatic rings. The molecule has 0 bridgehead atoms. The van der Waals surface area contributed by atoms with Crippen LogP contribution in [0, 0.1) is 0 Å².